The molecule has 2 aromatic rings. The quantitative estimate of drug-likeness (QED) is 0.834. The number of hydrogen-bond donors (Lipinski definition) is 1. The molecule has 3 rings (SSSR count). The average molecular weight is 378 g/mol. The predicted octanol–water partition coefficient (Wildman–Crippen LogP) is 2.60. The Kier molecular flexibility index (Phi) is 6.24. The molecule has 0 unspecified atom stereocenters. The molecular weight excluding hydrogens is 354 g/mol. The highest BCUT2D eigenvalue weighted by Gasteiger charge is 2.26. The second kappa shape index (κ2) is 8.62. The van der Waals surface area contributed by atoms with Gasteiger partial charge in [0.15, 0.2) is 5.82 Å². The first-order valence-electron chi connectivity index (χ1n) is 8.90. The molecule has 7 nitrogen and oxygen atoms in total. The predicted molar refractivity (Wildman–Crippen MR) is 100 cm³/mol. The average Bonchev–Trinajstić information content (AvgIpc) is 3.13. The number of benzene rings is 1. The van der Waals surface area contributed by atoms with Gasteiger partial charge in [0.1, 0.15) is 0 Å². The fourth-order valence-electron chi connectivity index (χ4n) is 3.00. The van der Waals surface area contributed by atoms with E-state index in [2.05, 4.69) is 32.2 Å². The van der Waals surface area contributed by atoms with Crippen LogP contribution in [0.4, 0.5) is 5.69 Å². The van der Waals surface area contributed by atoms with Crippen molar-refractivity contribution in [1.82, 2.24) is 19.9 Å². The molecule has 2 heterocycles. The van der Waals surface area contributed by atoms with E-state index in [1.165, 1.54) is 0 Å². The van der Waals surface area contributed by atoms with E-state index in [4.69, 9.17) is 16.1 Å². The zero-order valence-electron chi connectivity index (χ0n) is 15.1. The molecular formula is C18H24ClN5O2. The molecule has 26 heavy (non-hydrogen) atoms. The van der Waals surface area contributed by atoms with Crippen LogP contribution in [-0.4, -0.2) is 58.6 Å². The Balaban J connectivity index is 1.47. The number of halogens is 1. The van der Waals surface area contributed by atoms with Crippen molar-refractivity contribution in [3.05, 3.63) is 41.0 Å². The maximum atomic E-state index is 12.2. The van der Waals surface area contributed by atoms with Crippen molar-refractivity contribution in [2.45, 2.75) is 26.3 Å². The standard InChI is InChI=1S/C18H24ClN5O2/c1-3-16-21-18(26-22-16)13(2)24-10-8-23(9-11-24)12-17(25)20-15-7-5-4-6-14(15)19/h4-7,13H,3,8-12H2,1-2H3,(H,20,25)/t13-/m0/s1. The van der Waals surface area contributed by atoms with Crippen molar-refractivity contribution in [1.29, 1.82) is 0 Å². The highest BCUT2D eigenvalue weighted by Crippen LogP contribution is 2.21. The lowest BCUT2D eigenvalue weighted by Crippen LogP contribution is -2.49. The molecule has 0 aliphatic carbocycles. The van der Waals surface area contributed by atoms with Gasteiger partial charge in [0.05, 0.1) is 23.3 Å². The molecule has 1 aromatic heterocycles. The van der Waals surface area contributed by atoms with Crippen LogP contribution in [0.25, 0.3) is 0 Å². The van der Waals surface area contributed by atoms with Gasteiger partial charge in [0, 0.05) is 32.6 Å². The van der Waals surface area contributed by atoms with E-state index in [0.29, 0.717) is 23.1 Å². The van der Waals surface area contributed by atoms with Gasteiger partial charge < -0.3 is 9.84 Å². The zero-order chi connectivity index (χ0) is 18.5. The topological polar surface area (TPSA) is 74.5 Å². The molecule has 1 saturated heterocycles. The van der Waals surface area contributed by atoms with E-state index in [1.54, 1.807) is 12.1 Å². The molecule has 140 valence electrons. The van der Waals surface area contributed by atoms with E-state index in [-0.39, 0.29) is 11.9 Å². The number of rotatable bonds is 6. The highest BCUT2D eigenvalue weighted by atomic mass is 35.5. The number of amides is 1. The third-order valence-electron chi connectivity index (χ3n) is 4.63. The molecule has 0 radical (unpaired) electrons. The summed E-state index contributed by atoms with van der Waals surface area (Å²) >= 11 is 6.08. The molecule has 1 aliphatic rings. The number of hydrogen-bond acceptors (Lipinski definition) is 6. The second-order valence-corrected chi connectivity index (χ2v) is 6.83. The van der Waals surface area contributed by atoms with E-state index < -0.39 is 0 Å². The number of nitrogens with one attached hydrogen (secondary N) is 1. The maximum absolute atomic E-state index is 12.2. The largest absolute Gasteiger partial charge is 0.338 e. The van der Waals surface area contributed by atoms with Crippen molar-refractivity contribution in [2.24, 2.45) is 0 Å². The van der Waals surface area contributed by atoms with Gasteiger partial charge in [0.25, 0.3) is 0 Å². The third-order valence-corrected chi connectivity index (χ3v) is 4.96. The molecule has 1 atom stereocenters. The molecule has 1 aromatic carbocycles. The van der Waals surface area contributed by atoms with Gasteiger partial charge in [-0.25, -0.2) is 0 Å². The minimum atomic E-state index is -0.0518. The summed E-state index contributed by atoms with van der Waals surface area (Å²) < 4.78 is 5.35. The van der Waals surface area contributed by atoms with E-state index >= 15 is 0 Å². The summed E-state index contributed by atoms with van der Waals surface area (Å²) in [4.78, 5) is 21.1. The highest BCUT2D eigenvalue weighted by molar-refractivity contribution is 6.33. The van der Waals surface area contributed by atoms with Crippen LogP contribution in [0.5, 0.6) is 0 Å². The SMILES string of the molecule is CCc1noc([C@H](C)N2CCN(CC(=O)Nc3ccccc3Cl)CC2)n1. The zero-order valence-corrected chi connectivity index (χ0v) is 15.9. The molecule has 0 bridgehead atoms. The van der Waals surface area contributed by atoms with Crippen molar-refractivity contribution in [3.63, 3.8) is 0 Å². The Morgan fingerprint density at radius 2 is 2.04 bits per heavy atom. The summed E-state index contributed by atoms with van der Waals surface area (Å²) in [6.07, 6.45) is 0.768. The second-order valence-electron chi connectivity index (χ2n) is 6.42. The van der Waals surface area contributed by atoms with Gasteiger partial charge in [-0.3, -0.25) is 14.6 Å². The Morgan fingerprint density at radius 1 is 1.31 bits per heavy atom. The van der Waals surface area contributed by atoms with Crippen LogP contribution in [0.2, 0.25) is 5.02 Å². The van der Waals surface area contributed by atoms with Crippen LogP contribution < -0.4 is 5.32 Å². The molecule has 1 aliphatic heterocycles. The summed E-state index contributed by atoms with van der Waals surface area (Å²) in [5.74, 6) is 1.34. The Morgan fingerprint density at radius 3 is 2.69 bits per heavy atom. The number of nitrogens with zero attached hydrogens (tertiary/aromatic N) is 4. The van der Waals surface area contributed by atoms with Gasteiger partial charge in [0.2, 0.25) is 11.8 Å². The molecule has 0 saturated carbocycles. The summed E-state index contributed by atoms with van der Waals surface area (Å²) in [5.41, 5.74) is 0.648. The third kappa shape index (κ3) is 4.60. The number of aromatic nitrogens is 2. The minimum Gasteiger partial charge on any atom is -0.338 e. The van der Waals surface area contributed by atoms with Crippen LogP contribution >= 0.6 is 11.6 Å². The Bertz CT molecular complexity index is 743. The molecule has 0 spiro atoms. The number of anilines is 1. The molecule has 1 fully saturated rings. The normalized spacial score (nSPS) is 17.2. The van der Waals surface area contributed by atoms with Crippen LogP contribution in [0.15, 0.2) is 28.8 Å². The van der Waals surface area contributed by atoms with Crippen LogP contribution in [0.1, 0.15) is 31.6 Å². The summed E-state index contributed by atoms with van der Waals surface area (Å²) in [6.45, 7) is 7.77. The van der Waals surface area contributed by atoms with Crippen LogP contribution in [-0.2, 0) is 11.2 Å². The summed E-state index contributed by atoms with van der Waals surface area (Å²) in [6, 6.07) is 7.34. The first kappa shape index (κ1) is 18.8. The molecule has 1 amide bonds. The van der Waals surface area contributed by atoms with Gasteiger partial charge >= 0.3 is 0 Å². The van der Waals surface area contributed by atoms with Gasteiger partial charge in [-0.1, -0.05) is 35.8 Å². The Hall–Kier alpha value is -1.96. The van der Waals surface area contributed by atoms with Gasteiger partial charge in [-0.05, 0) is 19.1 Å². The van der Waals surface area contributed by atoms with E-state index in [9.17, 15) is 4.79 Å². The fraction of sp³-hybridized carbons (Fsp3) is 0.500. The lowest BCUT2D eigenvalue weighted by atomic mass is 10.2. The lowest BCUT2D eigenvalue weighted by Gasteiger charge is -2.36. The maximum Gasteiger partial charge on any atom is 0.243 e. The fourth-order valence-corrected chi connectivity index (χ4v) is 3.18. The lowest BCUT2D eigenvalue weighted by molar-refractivity contribution is -0.117. The van der Waals surface area contributed by atoms with Crippen LogP contribution in [0, 0.1) is 0 Å². The Labute approximate surface area is 158 Å². The number of aryl methyl sites for hydroxylation is 1. The van der Waals surface area contributed by atoms with Gasteiger partial charge in [-0.15, -0.1) is 0 Å². The summed E-state index contributed by atoms with van der Waals surface area (Å²) in [7, 11) is 0. The monoisotopic (exact) mass is 377 g/mol. The summed E-state index contributed by atoms with van der Waals surface area (Å²) in [5, 5.41) is 7.38. The van der Waals surface area contributed by atoms with Crippen molar-refractivity contribution in [3.8, 4) is 0 Å². The van der Waals surface area contributed by atoms with E-state index in [1.807, 2.05) is 19.1 Å². The molecule has 8 heteroatoms. The molecule has 1 N–H and O–H groups in total. The van der Waals surface area contributed by atoms with Crippen LogP contribution in [0.3, 0.4) is 0 Å². The number of carbonyl (C=O) groups is 1. The van der Waals surface area contributed by atoms with E-state index in [0.717, 1.165) is 38.4 Å². The van der Waals surface area contributed by atoms with Crippen molar-refractivity contribution >= 4 is 23.2 Å². The minimum absolute atomic E-state index is 0.0518. The van der Waals surface area contributed by atoms with Crippen molar-refractivity contribution in [2.75, 3.05) is 38.0 Å². The number of carbonyl (C=O) groups excluding carboxylic acids is 1. The van der Waals surface area contributed by atoms with Crippen molar-refractivity contribution < 1.29 is 9.32 Å². The first-order chi connectivity index (χ1) is 12.6. The first-order valence-corrected chi connectivity index (χ1v) is 9.28. The van der Waals surface area contributed by atoms with Gasteiger partial charge in [-0.2, -0.15) is 4.98 Å². The number of para-hydroxylation sites is 1. The number of piperazine rings is 1. The smallest absolute Gasteiger partial charge is 0.243 e.